The van der Waals surface area contributed by atoms with Gasteiger partial charge in [-0.3, -0.25) is 9.78 Å². The number of pyridine rings is 1. The monoisotopic (exact) mass is 498 g/mol. The lowest BCUT2D eigenvalue weighted by atomic mass is 9.80. The van der Waals surface area contributed by atoms with Gasteiger partial charge in [0.25, 0.3) is 0 Å². The highest BCUT2D eigenvalue weighted by atomic mass is 32.1. The second-order valence-electron chi connectivity index (χ2n) is 9.92. The lowest BCUT2D eigenvalue weighted by Crippen LogP contribution is -2.43. The molecule has 2 aliphatic rings. The highest BCUT2D eigenvalue weighted by Gasteiger charge is 2.37. The van der Waals surface area contributed by atoms with Crippen molar-refractivity contribution in [2.24, 2.45) is 5.92 Å². The van der Waals surface area contributed by atoms with Gasteiger partial charge in [0.2, 0.25) is 5.91 Å². The van der Waals surface area contributed by atoms with E-state index in [9.17, 15) is 4.79 Å². The number of nitriles is 1. The van der Waals surface area contributed by atoms with Crippen LogP contribution in [0.15, 0.2) is 36.7 Å². The Morgan fingerprint density at radius 2 is 2.03 bits per heavy atom. The smallest absolute Gasteiger partial charge is 0.223 e. The van der Waals surface area contributed by atoms with Gasteiger partial charge in [0, 0.05) is 35.8 Å². The topological polar surface area (TPSA) is 121 Å². The SMILES string of the molecule is CC(C)Nc1cc(-c2ccc3cc(C#N)cnn23)ncc1-c1nnc(C2CC(NC(=O)C3CC3)C2)s1. The van der Waals surface area contributed by atoms with E-state index in [1.807, 2.05) is 30.5 Å². The number of carbonyl (C=O) groups excluding carboxylic acids is 1. The lowest BCUT2D eigenvalue weighted by Gasteiger charge is -2.34. The molecule has 4 aromatic heterocycles. The van der Waals surface area contributed by atoms with Crippen LogP contribution in [-0.4, -0.2) is 42.8 Å². The fourth-order valence-corrected chi connectivity index (χ4v) is 5.55. The summed E-state index contributed by atoms with van der Waals surface area (Å²) >= 11 is 1.60. The number of fused-ring (bicyclic) bond motifs is 1. The molecular weight excluding hydrogens is 472 g/mol. The van der Waals surface area contributed by atoms with E-state index < -0.39 is 0 Å². The van der Waals surface area contributed by atoms with E-state index in [1.165, 1.54) is 0 Å². The van der Waals surface area contributed by atoms with Crippen LogP contribution in [0.4, 0.5) is 5.69 Å². The van der Waals surface area contributed by atoms with Crippen molar-refractivity contribution in [3.8, 4) is 28.0 Å². The number of amides is 1. The maximum absolute atomic E-state index is 12.0. The van der Waals surface area contributed by atoms with Gasteiger partial charge in [-0.05, 0) is 63.8 Å². The number of anilines is 1. The molecule has 0 bridgehead atoms. The standard InChI is InChI=1S/C26H26N8OS/c1-14(2)30-21-10-22(23-6-5-19-7-15(11-27)12-29-34(19)23)28-13-20(21)26-33-32-25(36-26)17-8-18(9-17)31-24(35)16-3-4-16/h5-7,10,12-14,16-18H,3-4,8-9H2,1-2H3,(H,28,30)(H,31,35). The van der Waals surface area contributed by atoms with Gasteiger partial charge in [-0.15, -0.1) is 10.2 Å². The molecule has 36 heavy (non-hydrogen) atoms. The van der Waals surface area contributed by atoms with E-state index in [2.05, 4.69) is 45.8 Å². The third kappa shape index (κ3) is 4.31. The molecule has 0 aliphatic heterocycles. The Hall–Kier alpha value is -3.84. The zero-order valence-electron chi connectivity index (χ0n) is 20.1. The third-order valence-electron chi connectivity index (χ3n) is 6.69. The maximum atomic E-state index is 12.0. The second kappa shape index (κ2) is 8.99. The van der Waals surface area contributed by atoms with Gasteiger partial charge in [-0.1, -0.05) is 11.3 Å². The molecule has 2 fully saturated rings. The van der Waals surface area contributed by atoms with Crippen molar-refractivity contribution < 1.29 is 4.79 Å². The molecule has 0 spiro atoms. The van der Waals surface area contributed by atoms with E-state index in [0.29, 0.717) is 11.5 Å². The van der Waals surface area contributed by atoms with Crippen LogP contribution < -0.4 is 10.6 Å². The summed E-state index contributed by atoms with van der Waals surface area (Å²) < 4.78 is 1.79. The molecule has 4 heterocycles. The normalized spacial score (nSPS) is 19.2. The first-order chi connectivity index (χ1) is 17.5. The minimum absolute atomic E-state index is 0.212. The van der Waals surface area contributed by atoms with Gasteiger partial charge in [0.15, 0.2) is 5.01 Å². The second-order valence-corrected chi connectivity index (χ2v) is 10.9. The van der Waals surface area contributed by atoms with Crippen LogP contribution in [0.1, 0.15) is 56.0 Å². The summed E-state index contributed by atoms with van der Waals surface area (Å²) in [5.41, 5.74) is 4.83. The first kappa shape index (κ1) is 22.6. The van der Waals surface area contributed by atoms with Crippen LogP contribution in [0.25, 0.3) is 27.5 Å². The third-order valence-corrected chi connectivity index (χ3v) is 7.81. The van der Waals surface area contributed by atoms with E-state index in [1.54, 1.807) is 22.0 Å². The Balaban J connectivity index is 1.25. The van der Waals surface area contributed by atoms with Gasteiger partial charge >= 0.3 is 0 Å². The van der Waals surface area contributed by atoms with Gasteiger partial charge < -0.3 is 10.6 Å². The molecule has 0 unspecified atom stereocenters. The van der Waals surface area contributed by atoms with Crippen molar-refractivity contribution in [1.82, 2.24) is 30.1 Å². The molecule has 4 aromatic rings. The fourth-order valence-electron chi connectivity index (χ4n) is 4.56. The summed E-state index contributed by atoms with van der Waals surface area (Å²) in [4.78, 5) is 16.8. The molecule has 0 radical (unpaired) electrons. The van der Waals surface area contributed by atoms with Gasteiger partial charge in [-0.2, -0.15) is 10.4 Å². The molecule has 182 valence electrons. The van der Waals surface area contributed by atoms with Gasteiger partial charge in [-0.25, -0.2) is 4.52 Å². The predicted molar refractivity (Wildman–Crippen MR) is 137 cm³/mol. The Kier molecular flexibility index (Phi) is 5.64. The molecule has 2 aliphatic carbocycles. The summed E-state index contributed by atoms with van der Waals surface area (Å²) in [5.74, 6) is 0.796. The fraction of sp³-hybridized carbons (Fsp3) is 0.385. The lowest BCUT2D eigenvalue weighted by molar-refractivity contribution is -0.123. The summed E-state index contributed by atoms with van der Waals surface area (Å²) in [7, 11) is 0. The Morgan fingerprint density at radius 3 is 2.78 bits per heavy atom. The molecule has 6 rings (SSSR count). The van der Waals surface area contributed by atoms with Crippen LogP contribution in [-0.2, 0) is 4.79 Å². The number of aromatic nitrogens is 5. The summed E-state index contributed by atoms with van der Waals surface area (Å²) in [6, 6.07) is 10.3. The van der Waals surface area contributed by atoms with Crippen LogP contribution in [0, 0.1) is 17.2 Å². The van der Waals surface area contributed by atoms with Crippen molar-refractivity contribution in [3.63, 3.8) is 0 Å². The summed E-state index contributed by atoms with van der Waals surface area (Å²) in [6.45, 7) is 4.19. The summed E-state index contributed by atoms with van der Waals surface area (Å²) in [6.07, 6.45) is 7.30. The molecule has 1 amide bonds. The quantitative estimate of drug-likeness (QED) is 0.388. The molecule has 0 saturated heterocycles. The highest BCUT2D eigenvalue weighted by molar-refractivity contribution is 7.14. The van der Waals surface area contributed by atoms with E-state index >= 15 is 0 Å². The minimum Gasteiger partial charge on any atom is -0.382 e. The molecule has 2 saturated carbocycles. The molecule has 9 nitrogen and oxygen atoms in total. The zero-order chi connectivity index (χ0) is 24.8. The van der Waals surface area contributed by atoms with Crippen LogP contribution >= 0.6 is 11.3 Å². The molecule has 2 N–H and O–H groups in total. The maximum Gasteiger partial charge on any atom is 0.223 e. The van der Waals surface area contributed by atoms with Crippen LogP contribution in [0.5, 0.6) is 0 Å². The minimum atomic E-state index is 0.212. The number of nitrogens with zero attached hydrogens (tertiary/aromatic N) is 6. The van der Waals surface area contributed by atoms with Crippen molar-refractivity contribution in [1.29, 1.82) is 5.26 Å². The Labute approximate surface area is 212 Å². The number of rotatable bonds is 7. The van der Waals surface area contributed by atoms with Crippen molar-refractivity contribution in [2.75, 3.05) is 5.32 Å². The van der Waals surface area contributed by atoms with Crippen molar-refractivity contribution in [2.45, 2.75) is 57.5 Å². The van der Waals surface area contributed by atoms with E-state index in [-0.39, 0.29) is 23.9 Å². The largest absolute Gasteiger partial charge is 0.382 e. The zero-order valence-corrected chi connectivity index (χ0v) is 20.9. The first-order valence-corrected chi connectivity index (χ1v) is 13.1. The predicted octanol–water partition coefficient (Wildman–Crippen LogP) is 4.38. The molecule has 10 heteroatoms. The average molecular weight is 499 g/mol. The number of carbonyl (C=O) groups is 1. The first-order valence-electron chi connectivity index (χ1n) is 12.3. The average Bonchev–Trinajstić information content (AvgIpc) is 3.44. The van der Waals surface area contributed by atoms with Crippen molar-refractivity contribution >= 4 is 28.4 Å². The van der Waals surface area contributed by atoms with E-state index in [4.69, 9.17) is 10.2 Å². The van der Waals surface area contributed by atoms with Crippen molar-refractivity contribution in [3.05, 3.63) is 47.2 Å². The van der Waals surface area contributed by atoms with Gasteiger partial charge in [0.1, 0.15) is 11.1 Å². The van der Waals surface area contributed by atoms with Gasteiger partial charge in [0.05, 0.1) is 34.2 Å². The molecule has 0 atom stereocenters. The molecule has 0 aromatic carbocycles. The number of nitrogens with one attached hydrogen (secondary N) is 2. The highest BCUT2D eigenvalue weighted by Crippen LogP contribution is 2.42. The van der Waals surface area contributed by atoms with Crippen LogP contribution in [0.3, 0.4) is 0 Å². The summed E-state index contributed by atoms with van der Waals surface area (Å²) in [5, 5.41) is 31.1. The Bertz CT molecular complexity index is 1490. The van der Waals surface area contributed by atoms with Crippen LogP contribution in [0.2, 0.25) is 0 Å². The molecular formula is C26H26N8OS. The van der Waals surface area contributed by atoms with E-state index in [0.717, 1.165) is 63.9 Å². The number of hydrogen-bond donors (Lipinski definition) is 2. The Morgan fingerprint density at radius 1 is 1.19 bits per heavy atom. The number of hydrogen-bond acceptors (Lipinski definition) is 8.